The number of pyridine rings is 1. The van der Waals surface area contributed by atoms with Crippen LogP contribution in [0.4, 0.5) is 0 Å². The van der Waals surface area contributed by atoms with E-state index in [4.69, 9.17) is 5.26 Å². The van der Waals surface area contributed by atoms with Crippen LogP contribution in [-0.2, 0) is 10.0 Å². The third-order valence-electron chi connectivity index (χ3n) is 2.67. The SMILES string of the molecule is N#Cc1ccc(S(=O)(=O)N2CCCSCC2)cn1. The Bertz CT molecular complexity index is 541. The highest BCUT2D eigenvalue weighted by molar-refractivity contribution is 7.99. The number of nitriles is 1. The maximum atomic E-state index is 12.3. The molecule has 0 spiro atoms. The highest BCUT2D eigenvalue weighted by Gasteiger charge is 2.25. The number of nitrogens with zero attached hydrogens (tertiary/aromatic N) is 3. The lowest BCUT2D eigenvalue weighted by Crippen LogP contribution is -2.33. The monoisotopic (exact) mass is 283 g/mol. The van der Waals surface area contributed by atoms with E-state index < -0.39 is 10.0 Å². The Morgan fingerprint density at radius 1 is 1.33 bits per heavy atom. The summed E-state index contributed by atoms with van der Waals surface area (Å²) in [6.07, 6.45) is 2.12. The summed E-state index contributed by atoms with van der Waals surface area (Å²) in [5, 5.41) is 8.64. The Hall–Kier alpha value is -1.10. The third-order valence-corrected chi connectivity index (χ3v) is 5.60. The lowest BCUT2D eigenvalue weighted by Gasteiger charge is -2.19. The Balaban J connectivity index is 2.26. The normalized spacial score (nSPS) is 17.9. The van der Waals surface area contributed by atoms with Crippen molar-refractivity contribution in [1.29, 1.82) is 5.26 Å². The molecule has 1 aromatic rings. The summed E-state index contributed by atoms with van der Waals surface area (Å²) in [4.78, 5) is 3.97. The molecule has 1 aliphatic heterocycles. The van der Waals surface area contributed by atoms with E-state index in [9.17, 15) is 8.42 Å². The van der Waals surface area contributed by atoms with Crippen LogP contribution >= 0.6 is 11.8 Å². The minimum absolute atomic E-state index is 0.161. The molecule has 7 heteroatoms. The maximum Gasteiger partial charge on any atom is 0.244 e. The minimum atomic E-state index is -3.46. The van der Waals surface area contributed by atoms with Gasteiger partial charge in [-0.2, -0.15) is 21.3 Å². The molecule has 18 heavy (non-hydrogen) atoms. The molecule has 1 saturated heterocycles. The van der Waals surface area contributed by atoms with E-state index in [2.05, 4.69) is 4.98 Å². The fourth-order valence-corrected chi connectivity index (χ4v) is 4.14. The zero-order valence-electron chi connectivity index (χ0n) is 9.74. The second-order valence-electron chi connectivity index (χ2n) is 3.86. The molecule has 2 rings (SSSR count). The zero-order valence-corrected chi connectivity index (χ0v) is 11.4. The van der Waals surface area contributed by atoms with Crippen molar-refractivity contribution < 1.29 is 8.42 Å². The summed E-state index contributed by atoms with van der Waals surface area (Å²) in [5.41, 5.74) is 0.223. The van der Waals surface area contributed by atoms with Crippen LogP contribution in [0.2, 0.25) is 0 Å². The molecule has 0 aromatic carbocycles. The van der Waals surface area contributed by atoms with Gasteiger partial charge in [0, 0.05) is 25.0 Å². The number of rotatable bonds is 2. The number of hydrogen-bond donors (Lipinski definition) is 0. The van der Waals surface area contributed by atoms with Crippen molar-refractivity contribution >= 4 is 21.8 Å². The van der Waals surface area contributed by atoms with E-state index in [0.29, 0.717) is 13.1 Å². The van der Waals surface area contributed by atoms with Crippen LogP contribution in [0.25, 0.3) is 0 Å². The van der Waals surface area contributed by atoms with Gasteiger partial charge in [-0.3, -0.25) is 0 Å². The molecule has 96 valence electrons. The Morgan fingerprint density at radius 3 is 2.83 bits per heavy atom. The van der Waals surface area contributed by atoms with Crippen LogP contribution in [-0.4, -0.2) is 42.3 Å². The zero-order chi connectivity index (χ0) is 13.0. The Morgan fingerprint density at radius 2 is 2.17 bits per heavy atom. The Labute approximate surface area is 111 Å². The lowest BCUT2D eigenvalue weighted by molar-refractivity contribution is 0.435. The summed E-state index contributed by atoms with van der Waals surface area (Å²) < 4.78 is 26.2. The molecular formula is C11H13N3O2S2. The molecule has 5 nitrogen and oxygen atoms in total. The van der Waals surface area contributed by atoms with Gasteiger partial charge in [-0.1, -0.05) is 0 Å². The minimum Gasteiger partial charge on any atom is -0.244 e. The van der Waals surface area contributed by atoms with Gasteiger partial charge >= 0.3 is 0 Å². The van der Waals surface area contributed by atoms with Gasteiger partial charge < -0.3 is 0 Å². The van der Waals surface area contributed by atoms with E-state index in [1.807, 2.05) is 6.07 Å². The number of sulfonamides is 1. The maximum absolute atomic E-state index is 12.3. The van der Waals surface area contributed by atoms with Crippen molar-refractivity contribution in [2.24, 2.45) is 0 Å². The van der Waals surface area contributed by atoms with E-state index in [1.165, 1.54) is 22.6 Å². The first-order valence-corrected chi connectivity index (χ1v) is 8.18. The van der Waals surface area contributed by atoms with Gasteiger partial charge in [0.1, 0.15) is 16.7 Å². The van der Waals surface area contributed by atoms with Crippen molar-refractivity contribution in [1.82, 2.24) is 9.29 Å². The summed E-state index contributed by atoms with van der Waals surface area (Å²) in [5.74, 6) is 1.82. The first-order valence-electron chi connectivity index (χ1n) is 5.58. The van der Waals surface area contributed by atoms with Crippen molar-refractivity contribution in [2.75, 3.05) is 24.6 Å². The molecular weight excluding hydrogens is 270 g/mol. The molecule has 1 aromatic heterocycles. The van der Waals surface area contributed by atoms with Crippen LogP contribution in [0.1, 0.15) is 12.1 Å². The molecule has 0 unspecified atom stereocenters. The molecule has 0 amide bonds. The number of aromatic nitrogens is 1. The molecule has 0 bridgehead atoms. The predicted molar refractivity (Wildman–Crippen MR) is 69.7 cm³/mol. The van der Waals surface area contributed by atoms with Gasteiger partial charge in [-0.15, -0.1) is 0 Å². The van der Waals surface area contributed by atoms with Gasteiger partial charge in [-0.25, -0.2) is 13.4 Å². The highest BCUT2D eigenvalue weighted by atomic mass is 32.2. The molecule has 2 heterocycles. The highest BCUT2D eigenvalue weighted by Crippen LogP contribution is 2.19. The van der Waals surface area contributed by atoms with Gasteiger partial charge in [0.25, 0.3) is 0 Å². The van der Waals surface area contributed by atoms with E-state index in [0.717, 1.165) is 17.9 Å². The van der Waals surface area contributed by atoms with Gasteiger partial charge in [0.2, 0.25) is 10.0 Å². The van der Waals surface area contributed by atoms with Crippen LogP contribution in [0.3, 0.4) is 0 Å². The molecule has 0 atom stereocenters. The smallest absolute Gasteiger partial charge is 0.244 e. The Kier molecular flexibility index (Phi) is 4.22. The average molecular weight is 283 g/mol. The van der Waals surface area contributed by atoms with Crippen molar-refractivity contribution in [3.8, 4) is 6.07 Å². The van der Waals surface area contributed by atoms with Gasteiger partial charge in [0.05, 0.1) is 0 Å². The molecule has 0 N–H and O–H groups in total. The van der Waals surface area contributed by atoms with Crippen molar-refractivity contribution in [2.45, 2.75) is 11.3 Å². The third kappa shape index (κ3) is 2.83. The van der Waals surface area contributed by atoms with E-state index in [1.54, 1.807) is 11.8 Å². The molecule has 1 fully saturated rings. The van der Waals surface area contributed by atoms with Gasteiger partial charge in [0.15, 0.2) is 0 Å². The summed E-state index contributed by atoms with van der Waals surface area (Å²) in [6, 6.07) is 4.75. The van der Waals surface area contributed by atoms with Gasteiger partial charge in [-0.05, 0) is 24.3 Å². The topological polar surface area (TPSA) is 74.1 Å². The fourth-order valence-electron chi connectivity index (χ4n) is 1.71. The second kappa shape index (κ2) is 5.69. The number of thioether (sulfide) groups is 1. The standard InChI is InChI=1S/C11H13N3O2S2/c12-8-10-2-3-11(9-13-10)18(15,16)14-4-1-6-17-7-5-14/h2-3,9H,1,4-7H2. The van der Waals surface area contributed by atoms with Crippen LogP contribution in [0, 0.1) is 11.3 Å². The first kappa shape index (κ1) is 13.3. The molecule has 0 saturated carbocycles. The van der Waals surface area contributed by atoms with Crippen LogP contribution < -0.4 is 0 Å². The number of hydrogen-bond acceptors (Lipinski definition) is 5. The average Bonchev–Trinajstić information content (AvgIpc) is 2.68. The summed E-state index contributed by atoms with van der Waals surface area (Å²) >= 11 is 1.77. The largest absolute Gasteiger partial charge is 0.244 e. The first-order chi connectivity index (χ1) is 8.64. The molecule has 0 aliphatic carbocycles. The fraction of sp³-hybridized carbons (Fsp3) is 0.455. The van der Waals surface area contributed by atoms with Crippen molar-refractivity contribution in [3.63, 3.8) is 0 Å². The lowest BCUT2D eigenvalue weighted by atomic mass is 10.4. The molecule has 0 radical (unpaired) electrons. The van der Waals surface area contributed by atoms with Crippen LogP contribution in [0.5, 0.6) is 0 Å². The molecule has 1 aliphatic rings. The van der Waals surface area contributed by atoms with E-state index >= 15 is 0 Å². The second-order valence-corrected chi connectivity index (χ2v) is 7.02. The predicted octanol–water partition coefficient (Wildman–Crippen LogP) is 1.08. The van der Waals surface area contributed by atoms with Crippen molar-refractivity contribution in [3.05, 3.63) is 24.0 Å². The van der Waals surface area contributed by atoms with Crippen LogP contribution in [0.15, 0.2) is 23.2 Å². The quantitative estimate of drug-likeness (QED) is 0.812. The summed E-state index contributed by atoms with van der Waals surface area (Å²) in [6.45, 7) is 1.09. The van der Waals surface area contributed by atoms with E-state index in [-0.39, 0.29) is 10.6 Å². The summed E-state index contributed by atoms with van der Waals surface area (Å²) in [7, 11) is -3.46.